The fourth-order valence-electron chi connectivity index (χ4n) is 2.05. The third-order valence-corrected chi connectivity index (χ3v) is 2.73. The molecular formula is C12H23NO2. The molecule has 15 heavy (non-hydrogen) atoms. The van der Waals surface area contributed by atoms with E-state index in [4.69, 9.17) is 4.74 Å². The zero-order valence-electron chi connectivity index (χ0n) is 10.3. The van der Waals surface area contributed by atoms with Crippen LogP contribution < -0.4 is 5.32 Å². The van der Waals surface area contributed by atoms with E-state index in [1.807, 2.05) is 20.8 Å². The van der Waals surface area contributed by atoms with E-state index in [-0.39, 0.29) is 17.5 Å². The van der Waals surface area contributed by atoms with Gasteiger partial charge in [-0.2, -0.15) is 0 Å². The molecule has 0 saturated carbocycles. The minimum atomic E-state index is -0.372. The number of carbonyl (C=O) groups excluding carboxylic acids is 1. The Labute approximate surface area is 92.6 Å². The second-order valence-corrected chi connectivity index (χ2v) is 5.25. The summed E-state index contributed by atoms with van der Waals surface area (Å²) in [5.41, 5.74) is -0.372. The minimum absolute atomic E-state index is 0.0201. The lowest BCUT2D eigenvalue weighted by molar-refractivity contribution is -0.161. The first-order valence-electron chi connectivity index (χ1n) is 5.90. The van der Waals surface area contributed by atoms with Gasteiger partial charge >= 0.3 is 5.97 Å². The molecule has 0 aromatic rings. The van der Waals surface area contributed by atoms with Crippen molar-refractivity contribution in [2.75, 3.05) is 6.54 Å². The van der Waals surface area contributed by atoms with Gasteiger partial charge in [-0.3, -0.25) is 4.79 Å². The molecule has 1 saturated heterocycles. The Kier molecular flexibility index (Phi) is 4.14. The SMILES string of the molecule is CCC(C(=O)OC(C)(C)C)C1CCCN1. The van der Waals surface area contributed by atoms with E-state index in [0.29, 0.717) is 6.04 Å². The molecule has 2 atom stereocenters. The molecule has 88 valence electrons. The van der Waals surface area contributed by atoms with E-state index in [1.54, 1.807) is 0 Å². The molecule has 1 N–H and O–H groups in total. The van der Waals surface area contributed by atoms with Gasteiger partial charge in [0.25, 0.3) is 0 Å². The number of carbonyl (C=O) groups is 1. The first kappa shape index (κ1) is 12.5. The predicted octanol–water partition coefficient (Wildman–Crippen LogP) is 2.11. The average Bonchev–Trinajstić information content (AvgIpc) is 2.54. The van der Waals surface area contributed by atoms with E-state index in [0.717, 1.165) is 19.4 Å². The van der Waals surface area contributed by atoms with Crippen LogP contribution in [0.3, 0.4) is 0 Å². The fourth-order valence-corrected chi connectivity index (χ4v) is 2.05. The smallest absolute Gasteiger partial charge is 0.311 e. The van der Waals surface area contributed by atoms with Crippen LogP contribution in [0.5, 0.6) is 0 Å². The molecule has 1 heterocycles. The van der Waals surface area contributed by atoms with Crippen molar-refractivity contribution in [1.82, 2.24) is 5.32 Å². The van der Waals surface area contributed by atoms with E-state index in [1.165, 1.54) is 6.42 Å². The Morgan fingerprint density at radius 1 is 1.53 bits per heavy atom. The third-order valence-electron chi connectivity index (χ3n) is 2.73. The monoisotopic (exact) mass is 213 g/mol. The fraction of sp³-hybridized carbons (Fsp3) is 0.917. The second-order valence-electron chi connectivity index (χ2n) is 5.25. The van der Waals surface area contributed by atoms with Gasteiger partial charge in [-0.05, 0) is 46.6 Å². The molecular weight excluding hydrogens is 190 g/mol. The van der Waals surface area contributed by atoms with Crippen LogP contribution in [-0.4, -0.2) is 24.2 Å². The van der Waals surface area contributed by atoms with Crippen LogP contribution >= 0.6 is 0 Å². The van der Waals surface area contributed by atoms with Gasteiger partial charge in [0.1, 0.15) is 5.60 Å². The van der Waals surface area contributed by atoms with Crippen LogP contribution in [0, 0.1) is 5.92 Å². The molecule has 3 nitrogen and oxygen atoms in total. The van der Waals surface area contributed by atoms with Crippen LogP contribution in [-0.2, 0) is 9.53 Å². The van der Waals surface area contributed by atoms with Crippen LogP contribution in [0.2, 0.25) is 0 Å². The largest absolute Gasteiger partial charge is 0.460 e. The van der Waals surface area contributed by atoms with E-state index in [2.05, 4.69) is 12.2 Å². The minimum Gasteiger partial charge on any atom is -0.460 e. The molecule has 0 bridgehead atoms. The van der Waals surface area contributed by atoms with Gasteiger partial charge in [0.15, 0.2) is 0 Å². The molecule has 1 aliphatic rings. The number of ether oxygens (including phenoxy) is 1. The highest BCUT2D eigenvalue weighted by atomic mass is 16.6. The molecule has 0 aromatic carbocycles. The molecule has 2 unspecified atom stereocenters. The number of hydrogen-bond donors (Lipinski definition) is 1. The summed E-state index contributed by atoms with van der Waals surface area (Å²) in [6.07, 6.45) is 3.12. The average molecular weight is 213 g/mol. The predicted molar refractivity (Wildman–Crippen MR) is 60.7 cm³/mol. The summed E-state index contributed by atoms with van der Waals surface area (Å²) >= 11 is 0. The van der Waals surface area contributed by atoms with Crippen molar-refractivity contribution in [1.29, 1.82) is 0 Å². The van der Waals surface area contributed by atoms with E-state index >= 15 is 0 Å². The highest BCUT2D eigenvalue weighted by molar-refractivity contribution is 5.73. The van der Waals surface area contributed by atoms with Gasteiger partial charge in [-0.25, -0.2) is 0 Å². The molecule has 1 fully saturated rings. The molecule has 0 aliphatic carbocycles. The summed E-state index contributed by atoms with van der Waals surface area (Å²) in [4.78, 5) is 11.9. The molecule has 0 amide bonds. The topological polar surface area (TPSA) is 38.3 Å². The van der Waals surface area contributed by atoms with Gasteiger partial charge < -0.3 is 10.1 Å². The molecule has 0 aromatic heterocycles. The number of hydrogen-bond acceptors (Lipinski definition) is 3. The molecule has 0 radical (unpaired) electrons. The Morgan fingerprint density at radius 2 is 2.20 bits per heavy atom. The first-order valence-corrected chi connectivity index (χ1v) is 5.90. The summed E-state index contributed by atoms with van der Waals surface area (Å²) < 4.78 is 5.42. The van der Waals surface area contributed by atoms with Gasteiger partial charge in [-0.1, -0.05) is 6.92 Å². The molecule has 0 spiro atoms. The van der Waals surface area contributed by atoms with Crippen molar-refractivity contribution in [3.63, 3.8) is 0 Å². The van der Waals surface area contributed by atoms with Crippen molar-refractivity contribution in [2.45, 2.75) is 58.6 Å². The summed E-state index contributed by atoms with van der Waals surface area (Å²) in [5, 5.41) is 3.37. The third kappa shape index (κ3) is 3.82. The number of rotatable bonds is 3. The summed E-state index contributed by atoms with van der Waals surface area (Å²) in [7, 11) is 0. The Balaban J connectivity index is 2.53. The van der Waals surface area contributed by atoms with E-state index in [9.17, 15) is 4.79 Å². The Hall–Kier alpha value is -0.570. The van der Waals surface area contributed by atoms with E-state index < -0.39 is 0 Å². The lowest BCUT2D eigenvalue weighted by Gasteiger charge is -2.26. The summed E-state index contributed by atoms with van der Waals surface area (Å²) in [5.74, 6) is -0.0314. The molecule has 3 heteroatoms. The van der Waals surface area contributed by atoms with Crippen molar-refractivity contribution < 1.29 is 9.53 Å². The number of esters is 1. The second kappa shape index (κ2) is 4.97. The maximum Gasteiger partial charge on any atom is 0.311 e. The lowest BCUT2D eigenvalue weighted by atomic mass is 9.95. The van der Waals surface area contributed by atoms with Crippen molar-refractivity contribution >= 4 is 5.97 Å². The Bertz CT molecular complexity index is 214. The van der Waals surface area contributed by atoms with Crippen LogP contribution in [0.1, 0.15) is 47.0 Å². The van der Waals surface area contributed by atoms with Crippen molar-refractivity contribution in [3.05, 3.63) is 0 Å². The normalized spacial score (nSPS) is 23.9. The van der Waals surface area contributed by atoms with Crippen LogP contribution in [0.4, 0.5) is 0 Å². The van der Waals surface area contributed by atoms with Gasteiger partial charge in [-0.15, -0.1) is 0 Å². The van der Waals surface area contributed by atoms with Crippen LogP contribution in [0.25, 0.3) is 0 Å². The van der Waals surface area contributed by atoms with Gasteiger partial charge in [0, 0.05) is 6.04 Å². The van der Waals surface area contributed by atoms with Crippen molar-refractivity contribution in [2.24, 2.45) is 5.92 Å². The number of nitrogens with one attached hydrogen (secondary N) is 1. The zero-order valence-corrected chi connectivity index (χ0v) is 10.3. The van der Waals surface area contributed by atoms with Gasteiger partial charge in [0.05, 0.1) is 5.92 Å². The lowest BCUT2D eigenvalue weighted by Crippen LogP contribution is -2.39. The first-order chi connectivity index (χ1) is 6.94. The highest BCUT2D eigenvalue weighted by Crippen LogP contribution is 2.21. The summed E-state index contributed by atoms with van der Waals surface area (Å²) in [6.45, 7) is 8.83. The molecule has 1 rings (SSSR count). The zero-order chi connectivity index (χ0) is 11.5. The highest BCUT2D eigenvalue weighted by Gasteiger charge is 2.32. The van der Waals surface area contributed by atoms with Crippen molar-refractivity contribution in [3.8, 4) is 0 Å². The Morgan fingerprint density at radius 3 is 2.60 bits per heavy atom. The maximum absolute atomic E-state index is 11.9. The molecule has 1 aliphatic heterocycles. The quantitative estimate of drug-likeness (QED) is 0.730. The maximum atomic E-state index is 11.9. The standard InChI is InChI=1S/C12H23NO2/c1-5-9(10-7-6-8-13-10)11(14)15-12(2,3)4/h9-10,13H,5-8H2,1-4H3. The van der Waals surface area contributed by atoms with Gasteiger partial charge in [0.2, 0.25) is 0 Å². The van der Waals surface area contributed by atoms with Crippen LogP contribution in [0.15, 0.2) is 0 Å². The summed E-state index contributed by atoms with van der Waals surface area (Å²) in [6, 6.07) is 0.324.